The van der Waals surface area contributed by atoms with Gasteiger partial charge in [0, 0.05) is 12.0 Å². The van der Waals surface area contributed by atoms with E-state index in [0.29, 0.717) is 12.8 Å². The van der Waals surface area contributed by atoms with Crippen molar-refractivity contribution in [2.75, 3.05) is 0 Å². The van der Waals surface area contributed by atoms with Crippen LogP contribution in [-0.2, 0) is 14.3 Å². The molecule has 5 nitrogen and oxygen atoms in total. The average molecular weight is 238 g/mol. The first-order valence-electron chi connectivity index (χ1n) is 5.39. The molecule has 3 atom stereocenters. The summed E-state index contributed by atoms with van der Waals surface area (Å²) in [6.45, 7) is 4.93. The molecule has 0 heterocycles. The Balaban J connectivity index is 2.33. The number of hydrogen-bond acceptors (Lipinski definition) is 4. The third-order valence-corrected chi connectivity index (χ3v) is 3.34. The van der Waals surface area contributed by atoms with Gasteiger partial charge in [0.1, 0.15) is 0 Å². The summed E-state index contributed by atoms with van der Waals surface area (Å²) in [5.74, 6) is -1.85. The number of aliphatic carboxylic acids is 1. The summed E-state index contributed by atoms with van der Waals surface area (Å²) in [5, 5.41) is 19.0. The van der Waals surface area contributed by atoms with Gasteiger partial charge in [0.25, 0.3) is 0 Å². The minimum atomic E-state index is -1.38. The highest BCUT2D eigenvalue weighted by molar-refractivity contribution is 5.93. The number of carboxylic acid groups (broad SMARTS) is 1. The predicted molar refractivity (Wildman–Crippen MR) is 58.1 cm³/mol. The Kier molecular flexibility index (Phi) is 2.58. The van der Waals surface area contributed by atoms with Gasteiger partial charge in [-0.3, -0.25) is 0 Å². The van der Waals surface area contributed by atoms with E-state index >= 15 is 0 Å². The first kappa shape index (κ1) is 11.9. The van der Waals surface area contributed by atoms with Crippen LogP contribution < -0.4 is 0 Å². The largest absolute Gasteiger partial charge is 0.478 e. The number of carbonyl (C=O) groups is 2. The summed E-state index contributed by atoms with van der Waals surface area (Å²) >= 11 is 0. The van der Waals surface area contributed by atoms with E-state index < -0.39 is 23.6 Å². The lowest BCUT2D eigenvalue weighted by Crippen LogP contribution is -2.46. The summed E-state index contributed by atoms with van der Waals surface area (Å²) in [6.07, 6.45) is 1.39. The van der Waals surface area contributed by atoms with Gasteiger partial charge in [-0.25, -0.2) is 9.59 Å². The van der Waals surface area contributed by atoms with E-state index in [2.05, 4.69) is 6.58 Å². The fourth-order valence-corrected chi connectivity index (χ4v) is 2.55. The number of carboxylic acids is 1. The molecule has 0 aromatic heterocycles. The van der Waals surface area contributed by atoms with Gasteiger partial charge >= 0.3 is 11.9 Å². The van der Waals surface area contributed by atoms with Gasteiger partial charge < -0.3 is 14.9 Å². The van der Waals surface area contributed by atoms with Gasteiger partial charge in [0.05, 0.1) is 11.7 Å². The number of allylic oxidation sites excluding steroid dienone is 1. The number of carbonyl (C=O) groups excluding carboxylic acids is 1. The molecule has 5 heteroatoms. The maximum atomic E-state index is 11.5. The summed E-state index contributed by atoms with van der Waals surface area (Å²) in [5.41, 5.74) is -1.21. The molecule has 2 rings (SSSR count). The van der Waals surface area contributed by atoms with Crippen LogP contribution in [0.25, 0.3) is 0 Å². The van der Waals surface area contributed by atoms with Crippen molar-refractivity contribution in [1.29, 1.82) is 0 Å². The number of fused-ring (bicyclic) bond motifs is 2. The topological polar surface area (TPSA) is 83.8 Å². The summed E-state index contributed by atoms with van der Waals surface area (Å²) in [7, 11) is 0. The number of esters is 1. The Morgan fingerprint density at radius 3 is 2.71 bits per heavy atom. The van der Waals surface area contributed by atoms with Gasteiger partial charge in [0.2, 0.25) is 0 Å². The maximum absolute atomic E-state index is 11.5. The molecule has 3 unspecified atom stereocenters. The van der Waals surface area contributed by atoms with Crippen molar-refractivity contribution in [1.82, 2.24) is 0 Å². The van der Waals surface area contributed by atoms with Crippen molar-refractivity contribution < 1.29 is 24.5 Å². The summed E-state index contributed by atoms with van der Waals surface area (Å²) in [4.78, 5) is 22.6. The van der Waals surface area contributed by atoms with Crippen LogP contribution in [0.4, 0.5) is 0 Å². The Bertz CT molecular complexity index is 436. The predicted octanol–water partition coefficient (Wildman–Crippen LogP) is 0.640. The number of aliphatic hydroxyl groups excluding tert-OH is 1. The van der Waals surface area contributed by atoms with Crippen LogP contribution in [0.1, 0.15) is 19.8 Å². The van der Waals surface area contributed by atoms with Crippen LogP contribution in [0, 0.1) is 5.92 Å². The van der Waals surface area contributed by atoms with Crippen molar-refractivity contribution in [3.63, 3.8) is 0 Å². The van der Waals surface area contributed by atoms with Gasteiger partial charge in [-0.1, -0.05) is 12.7 Å². The zero-order valence-electron chi connectivity index (χ0n) is 9.47. The average Bonchev–Trinajstić information content (AvgIpc) is 2.70. The second-order valence-electron chi connectivity index (χ2n) is 4.66. The summed E-state index contributed by atoms with van der Waals surface area (Å²) in [6, 6.07) is 0. The highest BCUT2D eigenvalue weighted by Crippen LogP contribution is 2.50. The van der Waals surface area contributed by atoms with Crippen LogP contribution in [0.3, 0.4) is 0 Å². The molecule has 0 saturated heterocycles. The third kappa shape index (κ3) is 1.67. The first-order valence-corrected chi connectivity index (χ1v) is 5.39. The quantitative estimate of drug-likeness (QED) is 0.557. The number of hydrogen-bond donors (Lipinski definition) is 2. The Hall–Kier alpha value is -1.62. The van der Waals surface area contributed by atoms with Crippen molar-refractivity contribution >= 4 is 11.9 Å². The first-order chi connectivity index (χ1) is 7.86. The molecule has 0 radical (unpaired) electrons. The van der Waals surface area contributed by atoms with E-state index in [-0.39, 0.29) is 17.1 Å². The van der Waals surface area contributed by atoms with Gasteiger partial charge in [-0.2, -0.15) is 0 Å². The van der Waals surface area contributed by atoms with E-state index in [1.54, 1.807) is 6.08 Å². The molecule has 0 aromatic rings. The Morgan fingerprint density at radius 1 is 1.59 bits per heavy atom. The zero-order chi connectivity index (χ0) is 12.8. The molecule has 2 bridgehead atoms. The van der Waals surface area contributed by atoms with Crippen LogP contribution in [0.5, 0.6) is 0 Å². The van der Waals surface area contributed by atoms with E-state index in [1.807, 2.05) is 0 Å². The van der Waals surface area contributed by atoms with E-state index in [0.717, 1.165) is 0 Å². The van der Waals surface area contributed by atoms with E-state index in [1.165, 1.54) is 6.92 Å². The third-order valence-electron chi connectivity index (χ3n) is 3.34. The van der Waals surface area contributed by atoms with E-state index in [4.69, 9.17) is 9.84 Å². The maximum Gasteiger partial charge on any atom is 0.335 e. The fraction of sp³-hybridized carbons (Fsp3) is 0.500. The molecular weight excluding hydrogens is 224 g/mol. The molecule has 92 valence electrons. The van der Waals surface area contributed by atoms with Gasteiger partial charge in [-0.15, -0.1) is 0 Å². The van der Waals surface area contributed by atoms with Crippen molar-refractivity contribution in [3.8, 4) is 0 Å². The minimum absolute atomic E-state index is 0.0177. The molecule has 0 spiro atoms. The fourth-order valence-electron chi connectivity index (χ4n) is 2.55. The molecule has 2 N–H and O–H groups in total. The van der Waals surface area contributed by atoms with Crippen LogP contribution in [-0.4, -0.2) is 33.9 Å². The molecule has 17 heavy (non-hydrogen) atoms. The molecule has 1 fully saturated rings. The van der Waals surface area contributed by atoms with Gasteiger partial charge in [-0.05, 0) is 19.3 Å². The number of rotatable bonds is 3. The lowest BCUT2D eigenvalue weighted by atomic mass is 9.90. The molecule has 0 aliphatic heterocycles. The summed E-state index contributed by atoms with van der Waals surface area (Å²) < 4.78 is 5.20. The SMILES string of the molecule is C=C(C)C(=O)OC12CC(C=C1C(=O)O)CC2O. The Morgan fingerprint density at radius 2 is 2.24 bits per heavy atom. The Labute approximate surface area is 98.4 Å². The zero-order valence-corrected chi connectivity index (χ0v) is 9.47. The second kappa shape index (κ2) is 3.70. The van der Waals surface area contributed by atoms with Crippen LogP contribution in [0.2, 0.25) is 0 Å². The molecule has 1 saturated carbocycles. The molecular formula is C12H14O5. The normalized spacial score (nSPS) is 34.4. The smallest absolute Gasteiger partial charge is 0.335 e. The molecule has 0 aromatic carbocycles. The van der Waals surface area contributed by atoms with Crippen molar-refractivity contribution in [2.24, 2.45) is 5.92 Å². The number of aliphatic hydroxyl groups is 1. The lowest BCUT2D eigenvalue weighted by Gasteiger charge is -2.32. The molecule has 2 aliphatic rings. The highest BCUT2D eigenvalue weighted by Gasteiger charge is 2.58. The van der Waals surface area contributed by atoms with E-state index in [9.17, 15) is 14.7 Å². The highest BCUT2D eigenvalue weighted by atomic mass is 16.6. The lowest BCUT2D eigenvalue weighted by molar-refractivity contribution is -0.161. The second-order valence-corrected chi connectivity index (χ2v) is 4.66. The van der Waals surface area contributed by atoms with Crippen LogP contribution >= 0.6 is 0 Å². The van der Waals surface area contributed by atoms with Crippen molar-refractivity contribution in [2.45, 2.75) is 31.5 Å². The number of ether oxygens (including phenoxy) is 1. The van der Waals surface area contributed by atoms with Crippen LogP contribution in [0.15, 0.2) is 23.8 Å². The van der Waals surface area contributed by atoms with Crippen molar-refractivity contribution in [3.05, 3.63) is 23.8 Å². The molecule has 0 amide bonds. The standard InChI is InChI=1S/C12H14O5/c1-6(2)11(16)17-12-5-7(4-9(12)13)3-8(12)10(14)15/h3,7,9,13H,1,4-5H2,2H3,(H,14,15). The minimum Gasteiger partial charge on any atom is -0.478 e. The van der Waals surface area contributed by atoms with Gasteiger partial charge in [0.15, 0.2) is 5.60 Å². The monoisotopic (exact) mass is 238 g/mol. The molecule has 2 aliphatic carbocycles.